The van der Waals surface area contributed by atoms with Gasteiger partial charge in [-0.25, -0.2) is 9.97 Å². The zero-order valence-corrected chi connectivity index (χ0v) is 7.79. The predicted octanol–water partition coefficient (Wildman–Crippen LogP) is 0.871. The summed E-state index contributed by atoms with van der Waals surface area (Å²) in [5.74, 6) is 0.679. The normalized spacial score (nSPS) is 21.8. The summed E-state index contributed by atoms with van der Waals surface area (Å²) in [6.07, 6.45) is 4.45. The second-order valence-corrected chi connectivity index (χ2v) is 3.26. The lowest BCUT2D eigenvalue weighted by molar-refractivity contribution is 0.221. The molecule has 1 atom stereocenters. The van der Waals surface area contributed by atoms with Gasteiger partial charge < -0.3 is 10.1 Å². The van der Waals surface area contributed by atoms with Crippen LogP contribution in [0.5, 0.6) is 5.75 Å². The zero-order valence-electron chi connectivity index (χ0n) is 7.03. The van der Waals surface area contributed by atoms with Crippen molar-refractivity contribution < 1.29 is 4.74 Å². The summed E-state index contributed by atoms with van der Waals surface area (Å²) in [6.45, 7) is 1.90. The minimum Gasteiger partial charge on any atom is -0.486 e. The second kappa shape index (κ2) is 3.89. The third kappa shape index (κ3) is 2.29. The van der Waals surface area contributed by atoms with Crippen LogP contribution >= 0.6 is 11.6 Å². The Hall–Kier alpha value is -0.870. The Morgan fingerprint density at radius 1 is 1.46 bits per heavy atom. The molecule has 0 aliphatic carbocycles. The molecule has 2 heterocycles. The number of nitrogens with one attached hydrogen (secondary N) is 1. The van der Waals surface area contributed by atoms with Gasteiger partial charge in [-0.15, -0.1) is 0 Å². The Morgan fingerprint density at radius 2 is 2.23 bits per heavy atom. The maximum Gasteiger partial charge on any atom is 0.222 e. The summed E-state index contributed by atoms with van der Waals surface area (Å²) in [7, 11) is 0. The average molecular weight is 200 g/mol. The van der Waals surface area contributed by atoms with Crippen LogP contribution in [0, 0.1) is 0 Å². The molecule has 1 aliphatic rings. The smallest absolute Gasteiger partial charge is 0.222 e. The second-order valence-electron chi connectivity index (χ2n) is 2.92. The quantitative estimate of drug-likeness (QED) is 0.719. The van der Waals surface area contributed by atoms with Crippen molar-refractivity contribution in [1.29, 1.82) is 0 Å². The fourth-order valence-corrected chi connectivity index (χ4v) is 1.38. The van der Waals surface area contributed by atoms with Crippen LogP contribution < -0.4 is 10.1 Å². The largest absolute Gasteiger partial charge is 0.486 e. The van der Waals surface area contributed by atoms with Crippen LogP contribution in [0.1, 0.15) is 6.42 Å². The highest BCUT2D eigenvalue weighted by atomic mass is 35.5. The molecule has 4 nitrogen and oxygen atoms in total. The molecule has 13 heavy (non-hydrogen) atoms. The zero-order chi connectivity index (χ0) is 9.10. The molecule has 1 saturated heterocycles. The molecule has 1 aliphatic heterocycles. The molecule has 0 saturated carbocycles. The van der Waals surface area contributed by atoms with Gasteiger partial charge in [0.2, 0.25) is 5.28 Å². The minimum atomic E-state index is 0.241. The van der Waals surface area contributed by atoms with Gasteiger partial charge in [-0.2, -0.15) is 0 Å². The van der Waals surface area contributed by atoms with Crippen molar-refractivity contribution in [3.05, 3.63) is 17.7 Å². The topological polar surface area (TPSA) is 47.0 Å². The van der Waals surface area contributed by atoms with Gasteiger partial charge in [-0.05, 0) is 24.6 Å². The number of nitrogens with zero attached hydrogens (tertiary/aromatic N) is 2. The minimum absolute atomic E-state index is 0.241. The van der Waals surface area contributed by atoms with Gasteiger partial charge in [0.25, 0.3) is 0 Å². The first-order chi connectivity index (χ1) is 6.34. The van der Waals surface area contributed by atoms with Crippen molar-refractivity contribution in [1.82, 2.24) is 15.3 Å². The van der Waals surface area contributed by atoms with Crippen LogP contribution in [-0.4, -0.2) is 29.2 Å². The first-order valence-corrected chi connectivity index (χ1v) is 4.57. The van der Waals surface area contributed by atoms with Crippen LogP contribution in [0.2, 0.25) is 5.28 Å². The molecule has 0 amide bonds. The van der Waals surface area contributed by atoms with E-state index in [1.54, 1.807) is 12.4 Å². The molecule has 5 heteroatoms. The van der Waals surface area contributed by atoms with E-state index in [9.17, 15) is 0 Å². The average Bonchev–Trinajstić information content (AvgIpc) is 2.62. The first-order valence-electron chi connectivity index (χ1n) is 4.19. The number of rotatable bonds is 2. The Bertz CT molecular complexity index is 271. The van der Waals surface area contributed by atoms with Crippen LogP contribution in [0.3, 0.4) is 0 Å². The SMILES string of the molecule is Clc1ncc(OC2CCNC2)cn1. The highest BCUT2D eigenvalue weighted by Crippen LogP contribution is 2.13. The molecule has 2 rings (SSSR count). The van der Waals surface area contributed by atoms with E-state index in [1.165, 1.54) is 0 Å². The lowest BCUT2D eigenvalue weighted by atomic mass is 10.3. The molecule has 1 fully saturated rings. The van der Waals surface area contributed by atoms with Crippen LogP contribution in [0.25, 0.3) is 0 Å². The summed E-state index contributed by atoms with van der Waals surface area (Å²) in [4.78, 5) is 7.66. The van der Waals surface area contributed by atoms with Crippen LogP contribution in [-0.2, 0) is 0 Å². The highest BCUT2D eigenvalue weighted by molar-refractivity contribution is 6.28. The molecule has 70 valence electrons. The first kappa shape index (κ1) is 8.72. The molecule has 0 radical (unpaired) electrons. The van der Waals surface area contributed by atoms with Gasteiger partial charge >= 0.3 is 0 Å². The monoisotopic (exact) mass is 199 g/mol. The van der Waals surface area contributed by atoms with Crippen molar-refractivity contribution in [3.8, 4) is 5.75 Å². The van der Waals surface area contributed by atoms with E-state index in [-0.39, 0.29) is 11.4 Å². The standard InChI is InChI=1S/C8H10ClN3O/c9-8-11-4-7(5-12-8)13-6-1-2-10-3-6/h4-6,10H,1-3H2. The van der Waals surface area contributed by atoms with E-state index in [4.69, 9.17) is 16.3 Å². The molecule has 0 spiro atoms. The Labute approximate surface area is 81.3 Å². The van der Waals surface area contributed by atoms with Crippen molar-refractivity contribution in [2.45, 2.75) is 12.5 Å². The van der Waals surface area contributed by atoms with Gasteiger partial charge in [0.1, 0.15) is 6.10 Å². The van der Waals surface area contributed by atoms with E-state index in [0.29, 0.717) is 5.75 Å². The predicted molar refractivity (Wildman–Crippen MR) is 48.9 cm³/mol. The van der Waals surface area contributed by atoms with Gasteiger partial charge in [0.15, 0.2) is 5.75 Å². The van der Waals surface area contributed by atoms with E-state index < -0.39 is 0 Å². The van der Waals surface area contributed by atoms with E-state index in [1.807, 2.05) is 0 Å². The summed E-state index contributed by atoms with van der Waals surface area (Å²) < 4.78 is 5.58. The molecule has 1 aromatic heterocycles. The highest BCUT2D eigenvalue weighted by Gasteiger charge is 2.15. The van der Waals surface area contributed by atoms with Gasteiger partial charge in [-0.3, -0.25) is 0 Å². The molecule has 0 bridgehead atoms. The lowest BCUT2D eigenvalue weighted by Crippen LogP contribution is -2.19. The number of ether oxygens (including phenoxy) is 1. The van der Waals surface area contributed by atoms with Crippen molar-refractivity contribution >= 4 is 11.6 Å². The fraction of sp³-hybridized carbons (Fsp3) is 0.500. The van der Waals surface area contributed by atoms with Crippen molar-refractivity contribution in [2.24, 2.45) is 0 Å². The summed E-state index contributed by atoms with van der Waals surface area (Å²) in [6, 6.07) is 0. The number of hydrogen-bond donors (Lipinski definition) is 1. The number of aromatic nitrogens is 2. The maximum absolute atomic E-state index is 5.58. The Balaban J connectivity index is 1.97. The van der Waals surface area contributed by atoms with E-state index >= 15 is 0 Å². The fourth-order valence-electron chi connectivity index (χ4n) is 1.28. The molecule has 1 unspecified atom stereocenters. The van der Waals surface area contributed by atoms with Crippen LogP contribution in [0.15, 0.2) is 12.4 Å². The molecule has 1 N–H and O–H groups in total. The molecule has 0 aromatic carbocycles. The van der Waals surface area contributed by atoms with Crippen LogP contribution in [0.4, 0.5) is 0 Å². The third-order valence-corrected chi connectivity index (χ3v) is 2.11. The van der Waals surface area contributed by atoms with E-state index in [2.05, 4.69) is 15.3 Å². The number of halogens is 1. The Morgan fingerprint density at radius 3 is 2.85 bits per heavy atom. The number of hydrogen-bond acceptors (Lipinski definition) is 4. The van der Waals surface area contributed by atoms with Gasteiger partial charge in [0, 0.05) is 6.54 Å². The van der Waals surface area contributed by atoms with Crippen molar-refractivity contribution in [2.75, 3.05) is 13.1 Å². The van der Waals surface area contributed by atoms with Crippen molar-refractivity contribution in [3.63, 3.8) is 0 Å². The summed E-state index contributed by atoms with van der Waals surface area (Å²) in [5, 5.41) is 3.46. The van der Waals surface area contributed by atoms with E-state index in [0.717, 1.165) is 19.5 Å². The van der Waals surface area contributed by atoms with Gasteiger partial charge in [0.05, 0.1) is 12.4 Å². The maximum atomic E-state index is 5.58. The molecular weight excluding hydrogens is 190 g/mol. The lowest BCUT2D eigenvalue weighted by Gasteiger charge is -2.10. The summed E-state index contributed by atoms with van der Waals surface area (Å²) in [5.41, 5.74) is 0. The Kier molecular flexibility index (Phi) is 2.61. The van der Waals surface area contributed by atoms with Gasteiger partial charge in [-0.1, -0.05) is 0 Å². The summed E-state index contributed by atoms with van der Waals surface area (Å²) >= 11 is 5.54. The third-order valence-electron chi connectivity index (χ3n) is 1.91. The molecule has 1 aromatic rings. The molecular formula is C8H10ClN3O.